The Balaban J connectivity index is 1.46. The number of benzene rings is 1. The molecule has 1 saturated carbocycles. The molecule has 3 unspecified atom stereocenters. The van der Waals surface area contributed by atoms with Crippen LogP contribution in [0.4, 0.5) is 0 Å². The van der Waals surface area contributed by atoms with Crippen molar-refractivity contribution in [1.82, 2.24) is 4.90 Å². The SMILES string of the molecule is OC(CN1CC2CCC1C2)c1ccc2c(c1)OCCO2. The second kappa shape index (κ2) is 4.93. The number of hydrogen-bond donors (Lipinski definition) is 1. The molecule has 1 aromatic rings. The highest BCUT2D eigenvalue weighted by Gasteiger charge is 2.38. The van der Waals surface area contributed by atoms with Gasteiger partial charge in [0.2, 0.25) is 0 Å². The predicted molar refractivity (Wildman–Crippen MR) is 75.1 cm³/mol. The van der Waals surface area contributed by atoms with Crippen molar-refractivity contribution in [2.24, 2.45) is 5.92 Å². The quantitative estimate of drug-likeness (QED) is 0.916. The smallest absolute Gasteiger partial charge is 0.161 e. The molecule has 2 heterocycles. The van der Waals surface area contributed by atoms with E-state index < -0.39 is 6.10 Å². The van der Waals surface area contributed by atoms with Crippen molar-refractivity contribution in [3.63, 3.8) is 0 Å². The highest BCUT2D eigenvalue weighted by Crippen LogP contribution is 2.39. The van der Waals surface area contributed by atoms with Gasteiger partial charge in [0.05, 0.1) is 6.10 Å². The molecule has 0 radical (unpaired) electrons. The molecule has 1 aromatic carbocycles. The average Bonchev–Trinajstić information content (AvgIpc) is 3.09. The lowest BCUT2D eigenvalue weighted by Crippen LogP contribution is -2.35. The first-order valence-electron chi connectivity index (χ1n) is 7.61. The van der Waals surface area contributed by atoms with Crippen LogP contribution in [0.1, 0.15) is 30.9 Å². The summed E-state index contributed by atoms with van der Waals surface area (Å²) in [7, 11) is 0. The summed E-state index contributed by atoms with van der Waals surface area (Å²) in [5.41, 5.74) is 0.928. The van der Waals surface area contributed by atoms with Gasteiger partial charge in [0, 0.05) is 19.1 Å². The van der Waals surface area contributed by atoms with E-state index in [1.807, 2.05) is 18.2 Å². The minimum Gasteiger partial charge on any atom is -0.486 e. The van der Waals surface area contributed by atoms with Crippen LogP contribution in [0.2, 0.25) is 0 Å². The molecule has 2 bridgehead atoms. The standard InChI is InChI=1S/C16H21NO3/c18-14(10-17-9-11-1-3-13(17)7-11)12-2-4-15-16(8-12)20-6-5-19-15/h2,4,8,11,13-14,18H,1,3,5-7,9-10H2. The second-order valence-electron chi connectivity index (χ2n) is 6.21. The lowest BCUT2D eigenvalue weighted by atomic mass is 10.1. The van der Waals surface area contributed by atoms with Crippen molar-refractivity contribution >= 4 is 0 Å². The van der Waals surface area contributed by atoms with Crippen LogP contribution in [0, 0.1) is 5.92 Å². The van der Waals surface area contributed by atoms with Crippen LogP contribution in [-0.2, 0) is 0 Å². The molecule has 4 nitrogen and oxygen atoms in total. The minimum atomic E-state index is -0.440. The van der Waals surface area contributed by atoms with Crippen molar-refractivity contribution < 1.29 is 14.6 Å². The zero-order valence-electron chi connectivity index (χ0n) is 11.6. The molecule has 4 rings (SSSR count). The van der Waals surface area contributed by atoms with Crippen molar-refractivity contribution in [2.75, 3.05) is 26.3 Å². The van der Waals surface area contributed by atoms with E-state index in [9.17, 15) is 5.11 Å². The fourth-order valence-corrected chi connectivity index (χ4v) is 3.85. The highest BCUT2D eigenvalue weighted by molar-refractivity contribution is 5.44. The van der Waals surface area contributed by atoms with Gasteiger partial charge in [0.1, 0.15) is 13.2 Å². The molecule has 4 heteroatoms. The molecule has 1 saturated heterocycles. The third-order valence-corrected chi connectivity index (χ3v) is 4.88. The number of nitrogens with zero attached hydrogens (tertiary/aromatic N) is 1. The highest BCUT2D eigenvalue weighted by atomic mass is 16.6. The number of β-amino-alcohol motifs (C(OH)–C–C–N with tert-alkyl or cyclic N) is 1. The predicted octanol–water partition coefficient (Wildman–Crippen LogP) is 1.98. The van der Waals surface area contributed by atoms with E-state index in [4.69, 9.17) is 9.47 Å². The van der Waals surface area contributed by atoms with E-state index in [-0.39, 0.29) is 0 Å². The van der Waals surface area contributed by atoms with E-state index in [1.165, 1.54) is 19.3 Å². The molecule has 0 spiro atoms. The zero-order chi connectivity index (χ0) is 13.5. The summed E-state index contributed by atoms with van der Waals surface area (Å²) in [5, 5.41) is 10.5. The van der Waals surface area contributed by atoms with Crippen LogP contribution in [-0.4, -0.2) is 42.4 Å². The number of likely N-dealkylation sites (tertiary alicyclic amines) is 1. The van der Waals surface area contributed by atoms with Crippen molar-refractivity contribution in [1.29, 1.82) is 0 Å². The molecule has 3 aliphatic rings. The molecule has 1 N–H and O–H groups in total. The second-order valence-corrected chi connectivity index (χ2v) is 6.21. The summed E-state index contributed by atoms with van der Waals surface area (Å²) >= 11 is 0. The Morgan fingerprint density at radius 3 is 2.80 bits per heavy atom. The first-order valence-corrected chi connectivity index (χ1v) is 7.61. The Bertz CT molecular complexity index is 504. The van der Waals surface area contributed by atoms with Gasteiger partial charge in [-0.15, -0.1) is 0 Å². The summed E-state index contributed by atoms with van der Waals surface area (Å²) < 4.78 is 11.1. The van der Waals surface area contributed by atoms with E-state index in [1.54, 1.807) is 0 Å². The van der Waals surface area contributed by atoms with Gasteiger partial charge in [-0.05, 0) is 42.9 Å². The zero-order valence-corrected chi connectivity index (χ0v) is 11.6. The molecule has 2 fully saturated rings. The van der Waals surface area contributed by atoms with Gasteiger partial charge in [-0.3, -0.25) is 4.90 Å². The first kappa shape index (κ1) is 12.5. The molecule has 1 aliphatic carbocycles. The van der Waals surface area contributed by atoms with Gasteiger partial charge in [-0.2, -0.15) is 0 Å². The van der Waals surface area contributed by atoms with Crippen molar-refractivity contribution in [3.8, 4) is 11.5 Å². The number of piperidine rings is 1. The third kappa shape index (κ3) is 2.17. The van der Waals surface area contributed by atoms with Crippen molar-refractivity contribution in [3.05, 3.63) is 23.8 Å². The van der Waals surface area contributed by atoms with Crippen LogP contribution in [0.25, 0.3) is 0 Å². The van der Waals surface area contributed by atoms with Crippen LogP contribution in [0.15, 0.2) is 18.2 Å². The van der Waals surface area contributed by atoms with Gasteiger partial charge < -0.3 is 14.6 Å². The molecule has 2 aliphatic heterocycles. The van der Waals surface area contributed by atoms with Gasteiger partial charge in [0.25, 0.3) is 0 Å². The number of ether oxygens (including phenoxy) is 2. The molecule has 108 valence electrons. The normalized spacial score (nSPS) is 29.6. The maximum atomic E-state index is 10.5. The van der Waals surface area contributed by atoms with Gasteiger partial charge in [-0.1, -0.05) is 6.07 Å². The van der Waals surface area contributed by atoms with Crippen LogP contribution < -0.4 is 9.47 Å². The van der Waals surface area contributed by atoms with Gasteiger partial charge in [-0.25, -0.2) is 0 Å². The average molecular weight is 275 g/mol. The molecule has 20 heavy (non-hydrogen) atoms. The van der Waals surface area contributed by atoms with Crippen LogP contribution in [0.5, 0.6) is 11.5 Å². The summed E-state index contributed by atoms with van der Waals surface area (Å²) in [5.74, 6) is 2.41. The maximum absolute atomic E-state index is 10.5. The fourth-order valence-electron chi connectivity index (χ4n) is 3.85. The molecular weight excluding hydrogens is 254 g/mol. The lowest BCUT2D eigenvalue weighted by Gasteiger charge is -2.29. The first-order chi connectivity index (χ1) is 9.79. The Morgan fingerprint density at radius 2 is 2.05 bits per heavy atom. The summed E-state index contributed by atoms with van der Waals surface area (Å²) in [6.07, 6.45) is 3.57. The summed E-state index contributed by atoms with van der Waals surface area (Å²) in [6.45, 7) is 3.08. The van der Waals surface area contributed by atoms with E-state index in [0.717, 1.165) is 36.1 Å². The lowest BCUT2D eigenvalue weighted by molar-refractivity contribution is 0.0939. The summed E-state index contributed by atoms with van der Waals surface area (Å²) in [4.78, 5) is 2.45. The van der Waals surface area contributed by atoms with Gasteiger partial charge in [0.15, 0.2) is 11.5 Å². The minimum absolute atomic E-state index is 0.440. The summed E-state index contributed by atoms with van der Waals surface area (Å²) in [6, 6.07) is 6.48. The van der Waals surface area contributed by atoms with E-state index in [2.05, 4.69) is 4.90 Å². The van der Waals surface area contributed by atoms with Crippen molar-refractivity contribution in [2.45, 2.75) is 31.4 Å². The van der Waals surface area contributed by atoms with Crippen LogP contribution >= 0.6 is 0 Å². The Kier molecular flexibility index (Phi) is 3.08. The molecule has 3 atom stereocenters. The maximum Gasteiger partial charge on any atom is 0.161 e. The van der Waals surface area contributed by atoms with E-state index in [0.29, 0.717) is 19.3 Å². The van der Waals surface area contributed by atoms with Crippen LogP contribution in [0.3, 0.4) is 0 Å². The van der Waals surface area contributed by atoms with Gasteiger partial charge >= 0.3 is 0 Å². The van der Waals surface area contributed by atoms with E-state index >= 15 is 0 Å². The molecule has 0 amide bonds. The number of aliphatic hydroxyl groups is 1. The number of hydrogen-bond acceptors (Lipinski definition) is 4. The monoisotopic (exact) mass is 275 g/mol. The fraction of sp³-hybridized carbons (Fsp3) is 0.625. The number of fused-ring (bicyclic) bond motifs is 3. The molecular formula is C16H21NO3. The number of rotatable bonds is 3. The topological polar surface area (TPSA) is 41.9 Å². The number of aliphatic hydroxyl groups excluding tert-OH is 1. The molecule has 0 aromatic heterocycles. The largest absolute Gasteiger partial charge is 0.486 e. The Labute approximate surface area is 119 Å². The third-order valence-electron chi connectivity index (χ3n) is 4.88. The Hall–Kier alpha value is -1.26. The Morgan fingerprint density at radius 1 is 1.20 bits per heavy atom.